The Labute approximate surface area is 170 Å². The zero-order valence-corrected chi connectivity index (χ0v) is 17.1. The third kappa shape index (κ3) is 4.82. The average Bonchev–Trinajstić information content (AvgIpc) is 2.69. The summed E-state index contributed by atoms with van der Waals surface area (Å²) in [4.78, 5) is 12.3. The molecule has 2 aromatic rings. The van der Waals surface area contributed by atoms with Gasteiger partial charge in [0, 0.05) is 10.0 Å². The van der Waals surface area contributed by atoms with Crippen molar-refractivity contribution in [3.05, 3.63) is 69.7 Å². The Morgan fingerprint density at radius 1 is 1.04 bits per heavy atom. The second-order valence-corrected chi connectivity index (χ2v) is 7.37. The van der Waals surface area contributed by atoms with Crippen LogP contribution in [0.5, 0.6) is 0 Å². The highest BCUT2D eigenvalue weighted by Gasteiger charge is 2.47. The molecule has 27 heavy (non-hydrogen) atoms. The van der Waals surface area contributed by atoms with Crippen molar-refractivity contribution in [2.24, 2.45) is 5.92 Å². The number of hydrogen-bond donors (Lipinski definition) is 1. The van der Waals surface area contributed by atoms with Crippen molar-refractivity contribution in [2.45, 2.75) is 32.0 Å². The zero-order valence-electron chi connectivity index (χ0n) is 15.6. The molecule has 0 aliphatic heterocycles. The van der Waals surface area contributed by atoms with Gasteiger partial charge in [-0.3, -0.25) is 0 Å². The summed E-state index contributed by atoms with van der Waals surface area (Å²) >= 11 is 12.1. The van der Waals surface area contributed by atoms with Crippen LogP contribution in [0.1, 0.15) is 31.4 Å². The number of ether oxygens (including phenoxy) is 2. The highest BCUT2D eigenvalue weighted by atomic mass is 35.5. The fourth-order valence-corrected chi connectivity index (χ4v) is 3.04. The second-order valence-electron chi connectivity index (χ2n) is 6.50. The number of aliphatic hydroxyl groups excluding tert-OH is 1. The van der Waals surface area contributed by atoms with Gasteiger partial charge in [-0.15, -0.1) is 0 Å². The summed E-state index contributed by atoms with van der Waals surface area (Å²) in [6, 6.07) is 13.7. The van der Waals surface area contributed by atoms with Gasteiger partial charge >= 0.3 is 5.97 Å². The Kier molecular flexibility index (Phi) is 7.68. The molecule has 2 aromatic carbocycles. The quantitative estimate of drug-likeness (QED) is 0.632. The first-order valence-electron chi connectivity index (χ1n) is 8.77. The SMILES string of the molecule is CC[C@H](C)COC(c1ccc(Cl)cc1)(c1ccc(Cl)cc1)[C@@H](O)C(=O)OC. The fourth-order valence-electron chi connectivity index (χ4n) is 2.79. The average molecular weight is 411 g/mol. The molecule has 2 rings (SSSR count). The number of aliphatic hydroxyl groups is 1. The molecule has 0 fully saturated rings. The molecule has 1 N–H and O–H groups in total. The highest BCUT2D eigenvalue weighted by Crippen LogP contribution is 2.39. The fraction of sp³-hybridized carbons (Fsp3) is 0.381. The van der Waals surface area contributed by atoms with Crippen molar-refractivity contribution in [1.82, 2.24) is 0 Å². The number of hydrogen-bond acceptors (Lipinski definition) is 4. The van der Waals surface area contributed by atoms with E-state index < -0.39 is 17.7 Å². The Balaban J connectivity index is 2.68. The summed E-state index contributed by atoms with van der Waals surface area (Å²) < 4.78 is 11.1. The summed E-state index contributed by atoms with van der Waals surface area (Å²) in [5.41, 5.74) is -0.267. The van der Waals surface area contributed by atoms with Crippen molar-refractivity contribution in [3.63, 3.8) is 0 Å². The molecule has 0 bridgehead atoms. The predicted molar refractivity (Wildman–Crippen MR) is 107 cm³/mol. The minimum absolute atomic E-state index is 0.230. The second kappa shape index (κ2) is 9.56. The van der Waals surface area contributed by atoms with Crippen LogP contribution in [0.4, 0.5) is 0 Å². The molecule has 0 amide bonds. The molecule has 0 heterocycles. The van der Waals surface area contributed by atoms with E-state index in [1.165, 1.54) is 7.11 Å². The Morgan fingerprint density at radius 3 is 1.85 bits per heavy atom. The molecule has 0 aliphatic carbocycles. The van der Waals surface area contributed by atoms with Gasteiger partial charge in [0.1, 0.15) is 0 Å². The molecule has 6 heteroatoms. The summed E-state index contributed by atoms with van der Waals surface area (Å²) in [6.45, 7) is 4.44. The van der Waals surface area contributed by atoms with Crippen LogP contribution in [-0.2, 0) is 19.9 Å². The van der Waals surface area contributed by atoms with E-state index in [0.717, 1.165) is 6.42 Å². The highest BCUT2D eigenvalue weighted by molar-refractivity contribution is 6.30. The molecule has 146 valence electrons. The summed E-state index contributed by atoms with van der Waals surface area (Å²) in [7, 11) is 1.23. The molecule has 0 aliphatic rings. The van der Waals surface area contributed by atoms with Gasteiger partial charge in [-0.25, -0.2) is 4.79 Å². The molecule has 0 spiro atoms. The van der Waals surface area contributed by atoms with E-state index >= 15 is 0 Å². The lowest BCUT2D eigenvalue weighted by Gasteiger charge is -2.38. The van der Waals surface area contributed by atoms with E-state index in [9.17, 15) is 9.90 Å². The number of halogens is 2. The van der Waals surface area contributed by atoms with E-state index in [1.54, 1.807) is 48.5 Å². The number of rotatable bonds is 8. The lowest BCUT2D eigenvalue weighted by Crippen LogP contribution is -2.49. The van der Waals surface area contributed by atoms with Crippen LogP contribution >= 0.6 is 23.2 Å². The Hall–Kier alpha value is -1.59. The molecule has 0 unspecified atom stereocenters. The number of methoxy groups -OCH3 is 1. The maximum atomic E-state index is 12.3. The van der Waals surface area contributed by atoms with Crippen LogP contribution in [-0.4, -0.2) is 30.9 Å². The lowest BCUT2D eigenvalue weighted by atomic mass is 9.81. The summed E-state index contributed by atoms with van der Waals surface area (Å²) in [5, 5.41) is 12.1. The molecule has 4 nitrogen and oxygen atoms in total. The van der Waals surface area contributed by atoms with E-state index in [1.807, 2.05) is 6.92 Å². The maximum absolute atomic E-state index is 12.3. The van der Waals surface area contributed by atoms with Crippen LogP contribution in [0.15, 0.2) is 48.5 Å². The molecule has 0 saturated heterocycles. The smallest absolute Gasteiger partial charge is 0.338 e. The third-order valence-electron chi connectivity index (χ3n) is 4.65. The van der Waals surface area contributed by atoms with Gasteiger partial charge in [0.2, 0.25) is 0 Å². The zero-order chi connectivity index (χ0) is 20.0. The van der Waals surface area contributed by atoms with Crippen molar-refractivity contribution in [3.8, 4) is 0 Å². The standard InChI is InChI=1S/C21H24Cl2O4/c1-4-14(2)13-27-21(19(24)20(25)26-3,15-5-9-17(22)10-6-15)16-7-11-18(23)12-8-16/h5-12,14,19,24H,4,13H2,1-3H3/t14-,19-/m0/s1. The number of carbonyl (C=O) groups excluding carboxylic acids is 1. The Morgan fingerprint density at radius 2 is 1.48 bits per heavy atom. The molecule has 0 aromatic heterocycles. The minimum atomic E-state index is -1.58. The molecular weight excluding hydrogens is 387 g/mol. The monoisotopic (exact) mass is 410 g/mol. The van der Waals surface area contributed by atoms with Gasteiger partial charge in [-0.2, -0.15) is 0 Å². The molecule has 0 saturated carbocycles. The van der Waals surface area contributed by atoms with E-state index in [2.05, 4.69) is 6.92 Å². The van der Waals surface area contributed by atoms with Crippen molar-refractivity contribution in [1.29, 1.82) is 0 Å². The van der Waals surface area contributed by atoms with Crippen LogP contribution in [0.25, 0.3) is 0 Å². The van der Waals surface area contributed by atoms with Crippen LogP contribution in [0.3, 0.4) is 0 Å². The minimum Gasteiger partial charge on any atom is -0.467 e. The first kappa shape index (κ1) is 21.7. The molecule has 0 radical (unpaired) electrons. The predicted octanol–water partition coefficient (Wildman–Crippen LogP) is 4.83. The van der Waals surface area contributed by atoms with Crippen LogP contribution < -0.4 is 0 Å². The van der Waals surface area contributed by atoms with Gasteiger partial charge in [0.15, 0.2) is 11.7 Å². The number of esters is 1. The first-order chi connectivity index (χ1) is 12.8. The number of benzene rings is 2. The molecule has 2 atom stereocenters. The third-order valence-corrected chi connectivity index (χ3v) is 5.15. The van der Waals surface area contributed by atoms with E-state index in [-0.39, 0.29) is 5.92 Å². The topological polar surface area (TPSA) is 55.8 Å². The Bertz CT molecular complexity index is 698. The van der Waals surface area contributed by atoms with Crippen molar-refractivity contribution in [2.75, 3.05) is 13.7 Å². The summed E-state index contributed by atoms with van der Waals surface area (Å²) in [6.07, 6.45) is -0.681. The normalized spacial score (nSPS) is 13.9. The van der Waals surface area contributed by atoms with Crippen molar-refractivity contribution < 1.29 is 19.4 Å². The first-order valence-corrected chi connectivity index (χ1v) is 9.52. The van der Waals surface area contributed by atoms with Gasteiger partial charge in [0.05, 0.1) is 13.7 Å². The van der Waals surface area contributed by atoms with Gasteiger partial charge in [-0.05, 0) is 41.3 Å². The van der Waals surface area contributed by atoms with Gasteiger partial charge < -0.3 is 14.6 Å². The van der Waals surface area contributed by atoms with Gasteiger partial charge in [-0.1, -0.05) is 67.7 Å². The summed E-state index contributed by atoms with van der Waals surface area (Å²) in [5.74, 6) is -0.558. The van der Waals surface area contributed by atoms with E-state index in [4.69, 9.17) is 32.7 Å². The number of carbonyl (C=O) groups is 1. The largest absolute Gasteiger partial charge is 0.467 e. The van der Waals surface area contributed by atoms with E-state index in [0.29, 0.717) is 27.8 Å². The van der Waals surface area contributed by atoms with Crippen molar-refractivity contribution >= 4 is 29.2 Å². The van der Waals surface area contributed by atoms with Crippen LogP contribution in [0, 0.1) is 5.92 Å². The maximum Gasteiger partial charge on any atom is 0.338 e. The van der Waals surface area contributed by atoms with Gasteiger partial charge in [0.25, 0.3) is 0 Å². The van der Waals surface area contributed by atoms with Crippen LogP contribution in [0.2, 0.25) is 10.0 Å². The molecular formula is C21H24Cl2O4. The lowest BCUT2D eigenvalue weighted by molar-refractivity contribution is -0.172.